The minimum absolute atomic E-state index is 0.133. The van der Waals surface area contributed by atoms with E-state index >= 15 is 0 Å². The zero-order valence-corrected chi connectivity index (χ0v) is 52.9. The second-order valence-electron chi connectivity index (χ2n) is 20.9. The Morgan fingerprint density at radius 3 is 0.819 bits per heavy atom. The first kappa shape index (κ1) is 77.2. The van der Waals surface area contributed by atoms with Crippen molar-refractivity contribution < 1.29 is 28.6 Å². The fourth-order valence-electron chi connectivity index (χ4n) is 8.22. The Kier molecular flexibility index (Phi) is 64.0. The van der Waals surface area contributed by atoms with E-state index in [0.29, 0.717) is 12.8 Å². The van der Waals surface area contributed by atoms with Crippen LogP contribution in [0.2, 0.25) is 0 Å². The summed E-state index contributed by atoms with van der Waals surface area (Å²) in [5, 5.41) is 0. The second kappa shape index (κ2) is 68.7. The fourth-order valence-corrected chi connectivity index (χ4v) is 8.22. The number of rotatable bonds is 57. The van der Waals surface area contributed by atoms with Crippen molar-refractivity contribution in [3.8, 4) is 0 Å². The molecule has 83 heavy (non-hydrogen) atoms. The summed E-state index contributed by atoms with van der Waals surface area (Å²) < 4.78 is 16.8. The van der Waals surface area contributed by atoms with Crippen molar-refractivity contribution in [2.45, 2.75) is 258 Å². The quantitative estimate of drug-likeness (QED) is 0.0261. The van der Waals surface area contributed by atoms with Gasteiger partial charge < -0.3 is 14.2 Å². The predicted octanol–water partition coefficient (Wildman–Crippen LogP) is 23.0. The van der Waals surface area contributed by atoms with Crippen LogP contribution in [0.15, 0.2) is 194 Å². The fraction of sp³-hybridized carbons (Fsp3) is 0.545. The topological polar surface area (TPSA) is 78.9 Å². The number of carbonyl (C=O) groups is 3. The highest BCUT2D eigenvalue weighted by Crippen LogP contribution is 2.13. The molecule has 0 heterocycles. The van der Waals surface area contributed by atoms with Gasteiger partial charge in [0.15, 0.2) is 6.10 Å². The first-order chi connectivity index (χ1) is 41.0. The number of esters is 3. The van der Waals surface area contributed by atoms with E-state index in [0.717, 1.165) is 154 Å². The van der Waals surface area contributed by atoms with Crippen LogP contribution in [0.5, 0.6) is 0 Å². The van der Waals surface area contributed by atoms with Crippen molar-refractivity contribution in [1.82, 2.24) is 0 Å². The van der Waals surface area contributed by atoms with E-state index < -0.39 is 6.10 Å². The minimum Gasteiger partial charge on any atom is -0.462 e. The van der Waals surface area contributed by atoms with Gasteiger partial charge in [-0.25, -0.2) is 0 Å². The molecule has 1 unspecified atom stereocenters. The average Bonchev–Trinajstić information content (AvgIpc) is 3.49. The van der Waals surface area contributed by atoms with Crippen LogP contribution in [-0.2, 0) is 28.6 Å². The maximum Gasteiger partial charge on any atom is 0.306 e. The molecule has 0 aliphatic rings. The van der Waals surface area contributed by atoms with Crippen molar-refractivity contribution in [2.75, 3.05) is 13.2 Å². The first-order valence-corrected chi connectivity index (χ1v) is 32.9. The molecule has 0 aromatic rings. The number of carbonyl (C=O) groups excluding carboxylic acids is 3. The van der Waals surface area contributed by atoms with Gasteiger partial charge in [-0.05, 0) is 154 Å². The molecule has 0 aromatic heterocycles. The molecule has 462 valence electrons. The van der Waals surface area contributed by atoms with Crippen molar-refractivity contribution >= 4 is 17.9 Å². The summed E-state index contributed by atoms with van der Waals surface area (Å²) in [6.45, 7) is 6.28. The highest BCUT2D eigenvalue weighted by Gasteiger charge is 2.19. The summed E-state index contributed by atoms with van der Waals surface area (Å²) in [7, 11) is 0. The third kappa shape index (κ3) is 66.9. The van der Waals surface area contributed by atoms with Gasteiger partial charge in [-0.2, -0.15) is 0 Å². The SMILES string of the molecule is CC/C=C\C/C=C\C/C=C\C/C=C\C/C=C\C/C=C\C/C=C\C/C=C\C/C=C\CCCCCC(=O)OCC(COC(=O)CC/C=C\C/C=C\C/C=C\C/C=C\CC)OC(=O)CCCCCCCC/C=C\C/C=C\C/C=C\CCCCCCC. The minimum atomic E-state index is -0.841. The maximum absolute atomic E-state index is 12.9. The van der Waals surface area contributed by atoms with Crippen molar-refractivity contribution in [1.29, 1.82) is 0 Å². The van der Waals surface area contributed by atoms with Gasteiger partial charge in [0.25, 0.3) is 0 Å². The number of unbranched alkanes of at least 4 members (excludes halogenated alkanes) is 14. The van der Waals surface area contributed by atoms with Gasteiger partial charge in [-0.3, -0.25) is 14.4 Å². The predicted molar refractivity (Wildman–Crippen MR) is 361 cm³/mol. The lowest BCUT2D eigenvalue weighted by molar-refractivity contribution is -0.166. The van der Waals surface area contributed by atoms with Gasteiger partial charge >= 0.3 is 17.9 Å². The molecule has 0 radical (unpaired) electrons. The summed E-state index contributed by atoms with van der Waals surface area (Å²) in [6.07, 6.45) is 105. The Labute approximate surface area is 509 Å². The van der Waals surface area contributed by atoms with Gasteiger partial charge in [0.05, 0.1) is 0 Å². The van der Waals surface area contributed by atoms with Crippen LogP contribution in [0, 0.1) is 0 Å². The Balaban J connectivity index is 4.49. The zero-order valence-electron chi connectivity index (χ0n) is 52.9. The van der Waals surface area contributed by atoms with E-state index in [9.17, 15) is 14.4 Å². The molecule has 0 N–H and O–H groups in total. The van der Waals surface area contributed by atoms with Gasteiger partial charge in [0.1, 0.15) is 13.2 Å². The van der Waals surface area contributed by atoms with Crippen molar-refractivity contribution in [3.05, 3.63) is 194 Å². The van der Waals surface area contributed by atoms with Gasteiger partial charge in [-0.1, -0.05) is 273 Å². The highest BCUT2D eigenvalue weighted by molar-refractivity contribution is 5.71. The molecule has 0 saturated heterocycles. The number of ether oxygens (including phenoxy) is 3. The van der Waals surface area contributed by atoms with Gasteiger partial charge in [0, 0.05) is 19.3 Å². The molecular formula is C77H118O6. The third-order valence-electron chi connectivity index (χ3n) is 13.1. The molecule has 6 nitrogen and oxygen atoms in total. The first-order valence-electron chi connectivity index (χ1n) is 32.9. The maximum atomic E-state index is 12.9. The summed E-state index contributed by atoms with van der Waals surface area (Å²) in [5.41, 5.74) is 0. The van der Waals surface area contributed by atoms with E-state index in [-0.39, 0.29) is 44.0 Å². The molecule has 6 heteroatoms. The molecule has 0 amide bonds. The van der Waals surface area contributed by atoms with Crippen LogP contribution >= 0.6 is 0 Å². The number of hydrogen-bond acceptors (Lipinski definition) is 6. The van der Waals surface area contributed by atoms with Gasteiger partial charge in [0.2, 0.25) is 0 Å². The molecule has 0 saturated carbocycles. The van der Waals surface area contributed by atoms with Crippen molar-refractivity contribution in [2.24, 2.45) is 0 Å². The molecule has 0 bridgehead atoms. The Hall–Kier alpha value is -5.75. The molecular weight excluding hydrogens is 1020 g/mol. The summed E-state index contributed by atoms with van der Waals surface area (Å²) in [4.78, 5) is 38.3. The molecule has 0 spiro atoms. The van der Waals surface area contributed by atoms with E-state index in [1.807, 2.05) is 12.2 Å². The molecule has 0 aliphatic heterocycles. The molecule has 1 atom stereocenters. The largest absolute Gasteiger partial charge is 0.462 e. The summed E-state index contributed by atoms with van der Waals surface area (Å²) in [6, 6.07) is 0. The summed E-state index contributed by atoms with van der Waals surface area (Å²) in [5.74, 6) is -1.07. The smallest absolute Gasteiger partial charge is 0.306 e. The van der Waals surface area contributed by atoms with E-state index in [2.05, 4.69) is 203 Å². The molecule has 0 aromatic carbocycles. The summed E-state index contributed by atoms with van der Waals surface area (Å²) >= 11 is 0. The Bertz CT molecular complexity index is 1990. The number of hydrogen-bond donors (Lipinski definition) is 0. The van der Waals surface area contributed by atoms with E-state index in [1.165, 1.54) is 51.4 Å². The molecule has 0 fully saturated rings. The van der Waals surface area contributed by atoms with Crippen LogP contribution in [0.4, 0.5) is 0 Å². The average molecular weight is 1140 g/mol. The van der Waals surface area contributed by atoms with E-state index in [1.54, 1.807) is 0 Å². The van der Waals surface area contributed by atoms with E-state index in [4.69, 9.17) is 14.2 Å². The lowest BCUT2D eigenvalue weighted by Gasteiger charge is -2.18. The molecule has 0 aliphatic carbocycles. The zero-order chi connectivity index (χ0) is 59.9. The van der Waals surface area contributed by atoms with Gasteiger partial charge in [-0.15, -0.1) is 0 Å². The van der Waals surface area contributed by atoms with Crippen LogP contribution in [0.25, 0.3) is 0 Å². The lowest BCUT2D eigenvalue weighted by atomic mass is 10.1. The monoisotopic (exact) mass is 1140 g/mol. The third-order valence-corrected chi connectivity index (χ3v) is 13.1. The highest BCUT2D eigenvalue weighted by atomic mass is 16.6. The lowest BCUT2D eigenvalue weighted by Crippen LogP contribution is -2.30. The van der Waals surface area contributed by atoms with Crippen LogP contribution in [0.1, 0.15) is 252 Å². The Morgan fingerprint density at radius 2 is 0.494 bits per heavy atom. The second-order valence-corrected chi connectivity index (χ2v) is 20.9. The Morgan fingerprint density at radius 1 is 0.253 bits per heavy atom. The van der Waals surface area contributed by atoms with Crippen molar-refractivity contribution in [3.63, 3.8) is 0 Å². The molecule has 0 rings (SSSR count). The standard InChI is InChI=1S/C77H118O6/c1-4-7-10-13-16-19-22-25-27-29-31-33-34-35-36-37-38-39-40-41-42-44-45-47-49-52-55-58-61-64-67-70-76(79)82-73-74(72-81-75(78)69-66-63-60-57-54-51-24-21-18-15-12-9-6-3)83-77(80)71-68-65-62-59-56-53-50-48-46-43-32-30-28-26-23-20-17-14-11-8-5-2/h7,9-10,12,16,18-19,21,23,25-27,30-33,35-36,38-39,41-42,45-48,51-52,54-55,60,63,74H,4-6,8,11,13-15,17,20,22,24,28-29,34,37,40,43-44,49-50,53,56-59,61-62,64-73H2,1-3H3/b10-7-,12-9-,19-16-,21-18-,26-23-,27-25-,32-30-,33-31-,36-35-,39-38-,42-41-,47-45-,48-46-,54-51-,55-52-,63-60-. The number of allylic oxidation sites excluding steroid dienone is 32. The normalized spacial score (nSPS) is 13.4. The van der Waals surface area contributed by atoms with Crippen LogP contribution in [-0.4, -0.2) is 37.2 Å². The van der Waals surface area contributed by atoms with Crippen LogP contribution < -0.4 is 0 Å². The van der Waals surface area contributed by atoms with Crippen LogP contribution in [0.3, 0.4) is 0 Å².